The lowest BCUT2D eigenvalue weighted by atomic mass is 10.0. The Kier molecular flexibility index (Phi) is 4.31. The molecule has 7 heteroatoms. The maximum Gasteiger partial charge on any atom is 0.262 e. The molecular weight excluding hydrogens is 404 g/mol. The van der Waals surface area contributed by atoms with Gasteiger partial charge in [0.1, 0.15) is 19.4 Å². The van der Waals surface area contributed by atoms with Crippen molar-refractivity contribution >= 4 is 17.3 Å². The summed E-state index contributed by atoms with van der Waals surface area (Å²) in [6.45, 7) is 1.00. The number of rotatable bonds is 3. The average molecular weight is 424 g/mol. The Labute approximate surface area is 184 Å². The minimum Gasteiger partial charge on any atom is -0.486 e. The van der Waals surface area contributed by atoms with Crippen LogP contribution in [0.5, 0.6) is 11.5 Å². The van der Waals surface area contributed by atoms with Crippen LogP contribution in [-0.2, 0) is 0 Å². The third-order valence-electron chi connectivity index (χ3n) is 5.67. The van der Waals surface area contributed by atoms with Crippen molar-refractivity contribution in [2.45, 2.75) is 6.17 Å². The quantitative estimate of drug-likeness (QED) is 0.528. The van der Waals surface area contributed by atoms with E-state index in [0.29, 0.717) is 30.3 Å². The molecule has 158 valence electrons. The van der Waals surface area contributed by atoms with E-state index in [0.717, 1.165) is 22.6 Å². The van der Waals surface area contributed by atoms with Gasteiger partial charge < -0.3 is 14.8 Å². The molecule has 0 radical (unpaired) electrons. The molecule has 3 aromatic carbocycles. The number of ether oxygens (including phenoxy) is 2. The minimum atomic E-state index is -0.433. The highest BCUT2D eigenvalue weighted by molar-refractivity contribution is 6.12. The van der Waals surface area contributed by atoms with Crippen molar-refractivity contribution in [3.8, 4) is 17.2 Å². The molecule has 0 saturated heterocycles. The Morgan fingerprint density at radius 3 is 2.53 bits per heavy atom. The van der Waals surface area contributed by atoms with Crippen molar-refractivity contribution in [1.29, 1.82) is 0 Å². The molecule has 2 aliphatic heterocycles. The second kappa shape index (κ2) is 7.46. The van der Waals surface area contributed by atoms with E-state index in [1.54, 1.807) is 11.1 Å². The molecule has 6 rings (SSSR count). The predicted octanol–water partition coefficient (Wildman–Crippen LogP) is 4.41. The molecule has 1 unspecified atom stereocenters. The summed E-state index contributed by atoms with van der Waals surface area (Å²) in [6.07, 6.45) is 3.30. The summed E-state index contributed by atoms with van der Waals surface area (Å²) in [5.41, 5.74) is 3.95. The molecule has 1 N–H and O–H groups in total. The molecule has 1 amide bonds. The lowest BCUT2D eigenvalue weighted by molar-refractivity contribution is 0.0974. The lowest BCUT2D eigenvalue weighted by Crippen LogP contribution is -2.43. The zero-order chi connectivity index (χ0) is 21.5. The first-order valence-corrected chi connectivity index (χ1v) is 10.5. The number of amides is 1. The normalized spacial score (nSPS) is 16.9. The zero-order valence-corrected chi connectivity index (χ0v) is 17.1. The molecule has 32 heavy (non-hydrogen) atoms. The Morgan fingerprint density at radius 2 is 1.66 bits per heavy atom. The number of aromatic nitrogens is 2. The molecule has 0 bridgehead atoms. The van der Waals surface area contributed by atoms with Crippen molar-refractivity contribution in [3.05, 3.63) is 96.3 Å². The van der Waals surface area contributed by atoms with Gasteiger partial charge in [-0.1, -0.05) is 30.3 Å². The minimum absolute atomic E-state index is 0.0894. The molecule has 2 aliphatic rings. The molecule has 0 fully saturated rings. The third kappa shape index (κ3) is 3.06. The number of hydrogen-bond acceptors (Lipinski definition) is 5. The zero-order valence-electron chi connectivity index (χ0n) is 17.1. The summed E-state index contributed by atoms with van der Waals surface area (Å²) >= 11 is 0. The summed E-state index contributed by atoms with van der Waals surface area (Å²) < 4.78 is 13.2. The Bertz CT molecular complexity index is 1300. The molecular formula is C25H20N4O3. The molecule has 0 spiro atoms. The van der Waals surface area contributed by atoms with Gasteiger partial charge in [0.25, 0.3) is 5.91 Å². The molecule has 4 aromatic rings. The summed E-state index contributed by atoms with van der Waals surface area (Å²) in [5.74, 6) is 1.24. The van der Waals surface area contributed by atoms with Crippen LogP contribution < -0.4 is 19.7 Å². The van der Waals surface area contributed by atoms with Crippen LogP contribution in [0.15, 0.2) is 85.2 Å². The Balaban J connectivity index is 1.45. The van der Waals surface area contributed by atoms with Gasteiger partial charge in [0, 0.05) is 23.5 Å². The SMILES string of the molecule is O=C1c2ccccc2NC(c2cnn(-c3ccccc3)c2)N1c1ccc2c(c1)OCCO2. The van der Waals surface area contributed by atoms with E-state index >= 15 is 0 Å². The average Bonchev–Trinajstić information content (AvgIpc) is 3.35. The van der Waals surface area contributed by atoms with Crippen LogP contribution in [-0.4, -0.2) is 28.9 Å². The summed E-state index contributed by atoms with van der Waals surface area (Å²) in [5, 5.41) is 8.05. The van der Waals surface area contributed by atoms with Crippen LogP contribution >= 0.6 is 0 Å². The first kappa shape index (κ1) is 18.5. The second-order valence-electron chi connectivity index (χ2n) is 7.65. The van der Waals surface area contributed by atoms with Crippen LogP contribution in [0.25, 0.3) is 5.69 Å². The summed E-state index contributed by atoms with van der Waals surface area (Å²) in [7, 11) is 0. The fraction of sp³-hybridized carbons (Fsp3) is 0.120. The fourth-order valence-electron chi connectivity index (χ4n) is 4.13. The highest BCUT2D eigenvalue weighted by Gasteiger charge is 2.35. The number of carbonyl (C=O) groups excluding carboxylic acids is 1. The van der Waals surface area contributed by atoms with Crippen LogP contribution in [0, 0.1) is 0 Å². The van der Waals surface area contributed by atoms with Gasteiger partial charge in [0.05, 0.1) is 23.1 Å². The van der Waals surface area contributed by atoms with Gasteiger partial charge in [-0.2, -0.15) is 5.10 Å². The number of hydrogen-bond donors (Lipinski definition) is 1. The number of para-hydroxylation sites is 2. The number of carbonyl (C=O) groups is 1. The van der Waals surface area contributed by atoms with E-state index in [1.807, 2.05) is 83.7 Å². The number of nitrogens with one attached hydrogen (secondary N) is 1. The molecule has 1 atom stereocenters. The standard InChI is InChI=1S/C25H20N4O3/c30-25-20-8-4-5-9-21(20)27-24(17-15-26-28(16-17)18-6-2-1-3-7-18)29(25)19-10-11-22-23(14-19)32-13-12-31-22/h1-11,14-16,24,27H,12-13H2. The Morgan fingerprint density at radius 1 is 0.875 bits per heavy atom. The Hall–Kier alpha value is -4.26. The lowest BCUT2D eigenvalue weighted by Gasteiger charge is -2.37. The van der Waals surface area contributed by atoms with Crippen LogP contribution in [0.4, 0.5) is 11.4 Å². The van der Waals surface area contributed by atoms with E-state index in [4.69, 9.17) is 9.47 Å². The van der Waals surface area contributed by atoms with Crippen LogP contribution in [0.1, 0.15) is 22.1 Å². The number of fused-ring (bicyclic) bond motifs is 2. The highest BCUT2D eigenvalue weighted by atomic mass is 16.6. The molecule has 1 aromatic heterocycles. The topological polar surface area (TPSA) is 68.6 Å². The predicted molar refractivity (Wildman–Crippen MR) is 121 cm³/mol. The van der Waals surface area contributed by atoms with Crippen LogP contribution in [0.3, 0.4) is 0 Å². The maximum atomic E-state index is 13.6. The molecule has 7 nitrogen and oxygen atoms in total. The van der Waals surface area contributed by atoms with E-state index in [-0.39, 0.29) is 5.91 Å². The summed E-state index contributed by atoms with van der Waals surface area (Å²) in [4.78, 5) is 15.4. The monoisotopic (exact) mass is 424 g/mol. The van der Waals surface area contributed by atoms with Crippen molar-refractivity contribution in [1.82, 2.24) is 9.78 Å². The van der Waals surface area contributed by atoms with E-state index in [2.05, 4.69) is 10.4 Å². The van der Waals surface area contributed by atoms with E-state index in [9.17, 15) is 4.79 Å². The van der Waals surface area contributed by atoms with Gasteiger partial charge in [-0.25, -0.2) is 4.68 Å². The van der Waals surface area contributed by atoms with Gasteiger partial charge in [0.15, 0.2) is 11.5 Å². The third-order valence-corrected chi connectivity index (χ3v) is 5.67. The van der Waals surface area contributed by atoms with Gasteiger partial charge >= 0.3 is 0 Å². The van der Waals surface area contributed by atoms with Crippen molar-refractivity contribution < 1.29 is 14.3 Å². The molecule has 3 heterocycles. The van der Waals surface area contributed by atoms with Gasteiger partial charge in [-0.05, 0) is 36.4 Å². The maximum absolute atomic E-state index is 13.6. The van der Waals surface area contributed by atoms with Crippen molar-refractivity contribution in [2.75, 3.05) is 23.4 Å². The van der Waals surface area contributed by atoms with Crippen LogP contribution in [0.2, 0.25) is 0 Å². The smallest absolute Gasteiger partial charge is 0.262 e. The molecule has 0 saturated carbocycles. The van der Waals surface area contributed by atoms with Gasteiger partial charge in [0.2, 0.25) is 0 Å². The highest BCUT2D eigenvalue weighted by Crippen LogP contribution is 2.40. The van der Waals surface area contributed by atoms with E-state index in [1.165, 1.54) is 0 Å². The fourth-order valence-corrected chi connectivity index (χ4v) is 4.13. The second-order valence-corrected chi connectivity index (χ2v) is 7.65. The first-order chi connectivity index (χ1) is 15.8. The number of benzene rings is 3. The van der Waals surface area contributed by atoms with Crippen molar-refractivity contribution in [2.24, 2.45) is 0 Å². The van der Waals surface area contributed by atoms with E-state index < -0.39 is 6.17 Å². The first-order valence-electron chi connectivity index (χ1n) is 10.5. The summed E-state index contributed by atoms with van der Waals surface area (Å²) in [6, 6.07) is 23.0. The largest absolute Gasteiger partial charge is 0.486 e. The number of nitrogens with zero attached hydrogens (tertiary/aromatic N) is 3. The van der Waals surface area contributed by atoms with Gasteiger partial charge in [-0.15, -0.1) is 0 Å². The number of anilines is 2. The van der Waals surface area contributed by atoms with Crippen molar-refractivity contribution in [3.63, 3.8) is 0 Å². The van der Waals surface area contributed by atoms with Gasteiger partial charge in [-0.3, -0.25) is 9.69 Å². The molecule has 0 aliphatic carbocycles.